The maximum atomic E-state index is 13.1. The summed E-state index contributed by atoms with van der Waals surface area (Å²) in [5.41, 5.74) is -0.141. The van der Waals surface area contributed by atoms with Gasteiger partial charge in [-0.05, 0) is 19.4 Å². The van der Waals surface area contributed by atoms with Gasteiger partial charge in [-0.1, -0.05) is 30.3 Å². The molecule has 1 amide bonds. The number of ether oxygens (including phenoxy) is 1. The van der Waals surface area contributed by atoms with Crippen LogP contribution >= 0.6 is 0 Å². The van der Waals surface area contributed by atoms with E-state index in [9.17, 15) is 22.8 Å². The van der Waals surface area contributed by atoms with Crippen LogP contribution in [0.5, 0.6) is 0 Å². The second-order valence-electron chi connectivity index (χ2n) is 7.17. The molecule has 26 heavy (non-hydrogen) atoms. The van der Waals surface area contributed by atoms with E-state index in [1.165, 1.54) is 0 Å². The van der Waals surface area contributed by atoms with Crippen LogP contribution in [0, 0.1) is 17.3 Å². The van der Waals surface area contributed by atoms with E-state index in [2.05, 4.69) is 0 Å². The molecule has 2 rings (SSSR count). The van der Waals surface area contributed by atoms with Crippen LogP contribution in [0.2, 0.25) is 0 Å². The Hall–Kier alpha value is -2.09. The maximum absolute atomic E-state index is 13.1. The third-order valence-corrected chi connectivity index (χ3v) is 4.50. The van der Waals surface area contributed by atoms with E-state index in [4.69, 9.17) is 9.84 Å². The number of halogens is 3. The van der Waals surface area contributed by atoms with Gasteiger partial charge in [0.25, 0.3) is 0 Å². The lowest BCUT2D eigenvalue weighted by molar-refractivity contribution is -0.188. The molecule has 0 aliphatic carbocycles. The Kier molecular flexibility index (Phi) is 5.95. The number of rotatable bonds is 6. The predicted octanol–water partition coefficient (Wildman–Crippen LogP) is 2.95. The lowest BCUT2D eigenvalue weighted by Gasteiger charge is -2.29. The van der Waals surface area contributed by atoms with Crippen LogP contribution in [0.25, 0.3) is 0 Å². The normalized spacial score (nSPS) is 21.0. The molecule has 2 atom stereocenters. The van der Waals surface area contributed by atoms with Gasteiger partial charge in [-0.2, -0.15) is 13.2 Å². The second-order valence-corrected chi connectivity index (χ2v) is 7.17. The largest absolute Gasteiger partial charge is 0.481 e. The number of hydrogen-bond acceptors (Lipinski definition) is 3. The van der Waals surface area contributed by atoms with Crippen LogP contribution in [-0.4, -0.2) is 47.8 Å². The Labute approximate surface area is 149 Å². The topological polar surface area (TPSA) is 66.8 Å². The molecule has 0 saturated carbocycles. The highest BCUT2D eigenvalue weighted by Crippen LogP contribution is 2.39. The van der Waals surface area contributed by atoms with Crippen LogP contribution in [0.15, 0.2) is 30.3 Å². The molecule has 0 spiro atoms. The zero-order valence-corrected chi connectivity index (χ0v) is 14.6. The summed E-state index contributed by atoms with van der Waals surface area (Å²) >= 11 is 0. The summed E-state index contributed by atoms with van der Waals surface area (Å²) in [7, 11) is 0. The van der Waals surface area contributed by atoms with Crippen molar-refractivity contribution in [3.63, 3.8) is 0 Å². The first-order valence-corrected chi connectivity index (χ1v) is 8.23. The zero-order valence-electron chi connectivity index (χ0n) is 14.6. The van der Waals surface area contributed by atoms with E-state index in [1.54, 1.807) is 13.8 Å². The fourth-order valence-electron chi connectivity index (χ4n) is 3.04. The molecule has 0 bridgehead atoms. The second kappa shape index (κ2) is 7.65. The van der Waals surface area contributed by atoms with E-state index >= 15 is 0 Å². The summed E-state index contributed by atoms with van der Waals surface area (Å²) < 4.78 is 44.8. The molecule has 0 aromatic heterocycles. The summed E-state index contributed by atoms with van der Waals surface area (Å²) in [5.74, 6) is -5.77. The number of carboxylic acids is 1. The fourth-order valence-corrected chi connectivity index (χ4v) is 3.04. The SMILES string of the molecule is CC(C)(COCc1ccccc1)C(=O)N1C[C@@H](C(F)(F)F)[C@H](C(=O)O)C1. The number of carboxylic acid groups (broad SMARTS) is 1. The molecule has 0 radical (unpaired) electrons. The van der Waals surface area contributed by atoms with Crippen molar-refractivity contribution in [2.45, 2.75) is 26.6 Å². The van der Waals surface area contributed by atoms with Gasteiger partial charge in [-0.3, -0.25) is 9.59 Å². The summed E-state index contributed by atoms with van der Waals surface area (Å²) in [6.45, 7) is 2.38. The van der Waals surface area contributed by atoms with Gasteiger partial charge in [0.2, 0.25) is 5.91 Å². The Morgan fingerprint density at radius 3 is 2.31 bits per heavy atom. The zero-order chi connectivity index (χ0) is 19.5. The van der Waals surface area contributed by atoms with Gasteiger partial charge in [0.1, 0.15) is 0 Å². The quantitative estimate of drug-likeness (QED) is 0.833. The molecule has 1 heterocycles. The molecular formula is C18H22F3NO4. The Bertz CT molecular complexity index is 646. The van der Waals surface area contributed by atoms with Crippen LogP contribution in [0.1, 0.15) is 19.4 Å². The molecule has 1 aliphatic heterocycles. The number of likely N-dealkylation sites (tertiary alicyclic amines) is 1. The van der Waals surface area contributed by atoms with Crippen molar-refractivity contribution >= 4 is 11.9 Å². The molecule has 144 valence electrons. The molecule has 0 unspecified atom stereocenters. The first kappa shape index (κ1) is 20.2. The minimum absolute atomic E-state index is 0.0195. The number of carbonyl (C=O) groups excluding carboxylic acids is 1. The number of hydrogen-bond donors (Lipinski definition) is 1. The number of alkyl halides is 3. The van der Waals surface area contributed by atoms with Crippen LogP contribution < -0.4 is 0 Å². The molecule has 1 N–H and O–H groups in total. The van der Waals surface area contributed by atoms with E-state index in [1.807, 2.05) is 30.3 Å². The van der Waals surface area contributed by atoms with Gasteiger partial charge in [0, 0.05) is 13.1 Å². The molecule has 1 aromatic rings. The smallest absolute Gasteiger partial charge is 0.394 e. The van der Waals surface area contributed by atoms with Gasteiger partial charge in [0.15, 0.2) is 0 Å². The Morgan fingerprint density at radius 1 is 1.19 bits per heavy atom. The Balaban J connectivity index is 1.99. The highest BCUT2D eigenvalue weighted by Gasteiger charge is 2.54. The monoisotopic (exact) mass is 373 g/mol. The maximum Gasteiger partial charge on any atom is 0.394 e. The van der Waals surface area contributed by atoms with Crippen molar-refractivity contribution in [3.05, 3.63) is 35.9 Å². The van der Waals surface area contributed by atoms with Crippen molar-refractivity contribution in [2.24, 2.45) is 17.3 Å². The van der Waals surface area contributed by atoms with Gasteiger partial charge < -0.3 is 14.7 Å². The van der Waals surface area contributed by atoms with Crippen LogP contribution in [0.3, 0.4) is 0 Å². The molecule has 8 heteroatoms. The van der Waals surface area contributed by atoms with Crippen molar-refractivity contribution < 1.29 is 32.6 Å². The van der Waals surface area contributed by atoms with Gasteiger partial charge in [-0.15, -0.1) is 0 Å². The minimum Gasteiger partial charge on any atom is -0.481 e. The molecule has 5 nitrogen and oxygen atoms in total. The first-order valence-electron chi connectivity index (χ1n) is 8.23. The average molecular weight is 373 g/mol. The lowest BCUT2D eigenvalue weighted by Crippen LogP contribution is -2.43. The van der Waals surface area contributed by atoms with E-state index in [-0.39, 0.29) is 13.2 Å². The standard InChI is InChI=1S/C18H22F3NO4/c1-17(2,11-26-10-12-6-4-3-5-7-12)16(25)22-8-13(15(23)24)14(9-22)18(19,20)21/h3-7,13-14H,8-11H2,1-2H3,(H,23,24)/t13-,14-/m1/s1. The van der Waals surface area contributed by atoms with E-state index in [0.29, 0.717) is 0 Å². The van der Waals surface area contributed by atoms with E-state index < -0.39 is 48.4 Å². The number of benzene rings is 1. The van der Waals surface area contributed by atoms with Gasteiger partial charge in [-0.25, -0.2) is 0 Å². The van der Waals surface area contributed by atoms with E-state index in [0.717, 1.165) is 10.5 Å². The highest BCUT2D eigenvalue weighted by molar-refractivity contribution is 5.83. The number of nitrogens with zero attached hydrogens (tertiary/aromatic N) is 1. The molecular weight excluding hydrogens is 351 g/mol. The van der Waals surface area contributed by atoms with Crippen LogP contribution in [0.4, 0.5) is 13.2 Å². The minimum atomic E-state index is -4.66. The molecule has 1 fully saturated rings. The lowest BCUT2D eigenvalue weighted by atomic mass is 9.93. The van der Waals surface area contributed by atoms with Crippen LogP contribution in [-0.2, 0) is 20.9 Å². The summed E-state index contributed by atoms with van der Waals surface area (Å²) in [4.78, 5) is 24.8. The number of aliphatic carboxylic acids is 1. The van der Waals surface area contributed by atoms with Crippen molar-refractivity contribution in [1.29, 1.82) is 0 Å². The number of carbonyl (C=O) groups is 2. The highest BCUT2D eigenvalue weighted by atomic mass is 19.4. The number of amides is 1. The van der Waals surface area contributed by atoms with Crippen molar-refractivity contribution in [3.8, 4) is 0 Å². The third-order valence-electron chi connectivity index (χ3n) is 4.50. The van der Waals surface area contributed by atoms with Gasteiger partial charge >= 0.3 is 12.1 Å². The Morgan fingerprint density at radius 2 is 1.81 bits per heavy atom. The first-order chi connectivity index (χ1) is 12.0. The van der Waals surface area contributed by atoms with Gasteiger partial charge in [0.05, 0.1) is 30.5 Å². The molecule has 1 saturated heterocycles. The fraction of sp³-hybridized carbons (Fsp3) is 0.556. The molecule has 1 aliphatic rings. The van der Waals surface area contributed by atoms with Crippen molar-refractivity contribution in [1.82, 2.24) is 4.90 Å². The summed E-state index contributed by atoms with van der Waals surface area (Å²) in [6.07, 6.45) is -4.66. The third kappa shape index (κ3) is 4.75. The summed E-state index contributed by atoms with van der Waals surface area (Å²) in [5, 5.41) is 9.05. The summed E-state index contributed by atoms with van der Waals surface area (Å²) in [6, 6.07) is 9.28. The predicted molar refractivity (Wildman–Crippen MR) is 87.1 cm³/mol. The van der Waals surface area contributed by atoms with Crippen molar-refractivity contribution in [2.75, 3.05) is 19.7 Å². The average Bonchev–Trinajstić information content (AvgIpc) is 3.00. The molecule has 1 aromatic carbocycles.